The monoisotopic (exact) mass is 273 g/mol. The predicted molar refractivity (Wildman–Crippen MR) is 74.3 cm³/mol. The van der Waals surface area contributed by atoms with Crippen molar-refractivity contribution in [3.63, 3.8) is 0 Å². The lowest BCUT2D eigenvalue weighted by Gasteiger charge is -2.26. The summed E-state index contributed by atoms with van der Waals surface area (Å²) < 4.78 is 13.8. The zero-order chi connectivity index (χ0) is 13.7. The van der Waals surface area contributed by atoms with E-state index in [1.807, 2.05) is 11.0 Å². The molecule has 1 aromatic rings. The van der Waals surface area contributed by atoms with Crippen LogP contribution in [0.5, 0.6) is 0 Å². The third-order valence-corrected chi connectivity index (χ3v) is 5.16. The second-order valence-electron chi connectivity index (χ2n) is 6.71. The lowest BCUT2D eigenvalue weighted by molar-refractivity contribution is -0.137. The zero-order valence-corrected chi connectivity index (χ0v) is 11.6. The molecule has 1 aromatic carbocycles. The quantitative estimate of drug-likeness (QED) is 0.823. The number of carbonyl (C=O) groups is 1. The second kappa shape index (κ2) is 4.57. The fourth-order valence-corrected chi connectivity index (χ4v) is 3.73. The SMILES string of the molecule is O=C(C1CC2CC2C1)N(Cc1ccccc1F)C1CC1. The molecular formula is C17H20FNO. The Balaban J connectivity index is 1.49. The Morgan fingerprint density at radius 1 is 1.15 bits per heavy atom. The first-order chi connectivity index (χ1) is 9.72. The Hall–Kier alpha value is -1.38. The van der Waals surface area contributed by atoms with Crippen molar-refractivity contribution in [1.82, 2.24) is 4.90 Å². The van der Waals surface area contributed by atoms with Crippen molar-refractivity contribution in [3.05, 3.63) is 35.6 Å². The Kier molecular flexibility index (Phi) is 2.83. The van der Waals surface area contributed by atoms with Gasteiger partial charge in [0.1, 0.15) is 5.82 Å². The minimum Gasteiger partial charge on any atom is -0.335 e. The molecule has 0 aliphatic heterocycles. The molecule has 0 radical (unpaired) electrons. The Bertz CT molecular complexity index is 530. The summed E-state index contributed by atoms with van der Waals surface area (Å²) >= 11 is 0. The lowest BCUT2D eigenvalue weighted by Crippen LogP contribution is -2.37. The molecule has 106 valence electrons. The van der Waals surface area contributed by atoms with E-state index in [1.165, 1.54) is 12.5 Å². The van der Waals surface area contributed by atoms with E-state index in [0.717, 1.165) is 37.5 Å². The number of rotatable bonds is 4. The van der Waals surface area contributed by atoms with Gasteiger partial charge in [-0.25, -0.2) is 4.39 Å². The van der Waals surface area contributed by atoms with E-state index in [0.29, 0.717) is 18.2 Å². The topological polar surface area (TPSA) is 20.3 Å². The molecule has 0 spiro atoms. The van der Waals surface area contributed by atoms with E-state index >= 15 is 0 Å². The Labute approximate surface area is 119 Å². The minimum absolute atomic E-state index is 0.194. The maximum Gasteiger partial charge on any atom is 0.226 e. The Morgan fingerprint density at radius 2 is 1.85 bits per heavy atom. The average molecular weight is 273 g/mol. The van der Waals surface area contributed by atoms with E-state index in [4.69, 9.17) is 0 Å². The highest BCUT2D eigenvalue weighted by Crippen LogP contribution is 2.55. The van der Waals surface area contributed by atoms with Crippen LogP contribution in [0.2, 0.25) is 0 Å². The maximum absolute atomic E-state index is 13.8. The summed E-state index contributed by atoms with van der Waals surface area (Å²) in [6.07, 6.45) is 5.65. The van der Waals surface area contributed by atoms with Crippen molar-refractivity contribution >= 4 is 5.91 Å². The summed E-state index contributed by atoms with van der Waals surface area (Å²) in [5, 5.41) is 0. The number of halogens is 1. The summed E-state index contributed by atoms with van der Waals surface area (Å²) in [5.74, 6) is 1.94. The molecule has 20 heavy (non-hydrogen) atoms. The zero-order valence-electron chi connectivity index (χ0n) is 11.6. The minimum atomic E-state index is -0.194. The normalized spacial score (nSPS) is 30.9. The second-order valence-corrected chi connectivity index (χ2v) is 6.71. The number of hydrogen-bond donors (Lipinski definition) is 0. The van der Waals surface area contributed by atoms with Gasteiger partial charge in [0.05, 0.1) is 0 Å². The molecule has 2 atom stereocenters. The summed E-state index contributed by atoms with van der Waals surface area (Å²) in [4.78, 5) is 14.7. The number of hydrogen-bond acceptors (Lipinski definition) is 1. The van der Waals surface area contributed by atoms with E-state index in [-0.39, 0.29) is 17.6 Å². The van der Waals surface area contributed by atoms with E-state index in [2.05, 4.69) is 0 Å². The van der Waals surface area contributed by atoms with Crippen molar-refractivity contribution in [2.24, 2.45) is 17.8 Å². The van der Waals surface area contributed by atoms with Crippen LogP contribution in [0.4, 0.5) is 4.39 Å². The van der Waals surface area contributed by atoms with Crippen LogP contribution in [0, 0.1) is 23.6 Å². The third kappa shape index (κ3) is 2.23. The molecule has 0 N–H and O–H groups in total. The van der Waals surface area contributed by atoms with Crippen molar-refractivity contribution in [3.8, 4) is 0 Å². The fourth-order valence-electron chi connectivity index (χ4n) is 3.73. The van der Waals surface area contributed by atoms with Crippen molar-refractivity contribution in [2.75, 3.05) is 0 Å². The summed E-state index contributed by atoms with van der Waals surface area (Å²) in [6, 6.07) is 7.18. The predicted octanol–water partition coefficient (Wildman–Crippen LogP) is 3.36. The average Bonchev–Trinajstić information content (AvgIpc) is 3.37. The van der Waals surface area contributed by atoms with Crippen molar-refractivity contribution in [1.29, 1.82) is 0 Å². The highest BCUT2D eigenvalue weighted by Gasteiger charge is 2.49. The fraction of sp³-hybridized carbons (Fsp3) is 0.588. The molecule has 3 aliphatic carbocycles. The molecule has 3 heteroatoms. The number of nitrogens with zero attached hydrogens (tertiary/aromatic N) is 1. The number of carbonyl (C=O) groups excluding carboxylic acids is 1. The van der Waals surface area contributed by atoms with Gasteiger partial charge in [0, 0.05) is 24.1 Å². The van der Waals surface area contributed by atoms with Gasteiger partial charge in [-0.05, 0) is 50.0 Å². The summed E-state index contributed by atoms with van der Waals surface area (Å²) in [6.45, 7) is 0.446. The van der Waals surface area contributed by atoms with Crippen molar-refractivity contribution in [2.45, 2.75) is 44.7 Å². The van der Waals surface area contributed by atoms with Crippen LogP contribution >= 0.6 is 0 Å². The van der Waals surface area contributed by atoms with Gasteiger partial charge in [0.15, 0.2) is 0 Å². The van der Waals surface area contributed by atoms with Crippen LogP contribution in [0.25, 0.3) is 0 Å². The molecule has 2 nitrogen and oxygen atoms in total. The molecule has 3 fully saturated rings. The van der Waals surface area contributed by atoms with Gasteiger partial charge in [0.25, 0.3) is 0 Å². The lowest BCUT2D eigenvalue weighted by atomic mass is 10.0. The van der Waals surface area contributed by atoms with Gasteiger partial charge in [-0.15, -0.1) is 0 Å². The van der Waals surface area contributed by atoms with E-state index in [9.17, 15) is 9.18 Å². The molecule has 2 unspecified atom stereocenters. The molecule has 0 saturated heterocycles. The third-order valence-electron chi connectivity index (χ3n) is 5.16. The maximum atomic E-state index is 13.8. The van der Waals surface area contributed by atoms with Gasteiger partial charge >= 0.3 is 0 Å². The molecule has 4 rings (SSSR count). The van der Waals surface area contributed by atoms with Crippen LogP contribution in [0.1, 0.15) is 37.7 Å². The molecule has 3 aliphatic rings. The Morgan fingerprint density at radius 3 is 2.50 bits per heavy atom. The smallest absolute Gasteiger partial charge is 0.226 e. The largest absolute Gasteiger partial charge is 0.335 e. The van der Waals surface area contributed by atoms with Crippen molar-refractivity contribution < 1.29 is 9.18 Å². The first-order valence-corrected chi connectivity index (χ1v) is 7.76. The highest BCUT2D eigenvalue weighted by atomic mass is 19.1. The standard InChI is InChI=1S/C17H20FNO/c18-16-4-2-1-3-11(16)10-19(15-5-6-15)17(20)14-8-12-7-13(12)9-14/h1-4,12-15H,5-10H2. The van der Waals surface area contributed by atoms with Gasteiger partial charge in [-0.1, -0.05) is 18.2 Å². The summed E-state index contributed by atoms with van der Waals surface area (Å²) in [7, 11) is 0. The molecule has 1 amide bonds. The van der Waals surface area contributed by atoms with Crippen LogP contribution in [0.15, 0.2) is 24.3 Å². The van der Waals surface area contributed by atoms with Crippen LogP contribution < -0.4 is 0 Å². The van der Waals surface area contributed by atoms with Gasteiger partial charge in [-0.3, -0.25) is 4.79 Å². The van der Waals surface area contributed by atoms with Gasteiger partial charge in [-0.2, -0.15) is 0 Å². The number of fused-ring (bicyclic) bond motifs is 1. The first kappa shape index (κ1) is 12.4. The first-order valence-electron chi connectivity index (χ1n) is 7.76. The van der Waals surface area contributed by atoms with Gasteiger partial charge in [0.2, 0.25) is 5.91 Å². The summed E-state index contributed by atoms with van der Waals surface area (Å²) in [5.41, 5.74) is 0.649. The van der Waals surface area contributed by atoms with E-state index < -0.39 is 0 Å². The number of benzene rings is 1. The molecule has 0 heterocycles. The van der Waals surface area contributed by atoms with E-state index in [1.54, 1.807) is 12.1 Å². The molecule has 3 saturated carbocycles. The van der Waals surface area contributed by atoms with Gasteiger partial charge < -0.3 is 4.90 Å². The number of amides is 1. The van der Waals surface area contributed by atoms with Crippen LogP contribution in [0.3, 0.4) is 0 Å². The molecule has 0 bridgehead atoms. The molecule has 0 aromatic heterocycles. The van der Waals surface area contributed by atoms with Crippen LogP contribution in [-0.4, -0.2) is 16.8 Å². The highest BCUT2D eigenvalue weighted by molar-refractivity contribution is 5.80. The van der Waals surface area contributed by atoms with Crippen LogP contribution in [-0.2, 0) is 11.3 Å². The molecular weight excluding hydrogens is 253 g/mol.